The molecule has 0 fully saturated rings. The van der Waals surface area contributed by atoms with Gasteiger partial charge in [0.25, 0.3) is 0 Å². The molecule has 0 aliphatic heterocycles. The van der Waals surface area contributed by atoms with Crippen LogP contribution in [0, 0.1) is 0 Å². The molecule has 0 aliphatic carbocycles. The van der Waals surface area contributed by atoms with Crippen molar-refractivity contribution in [3.8, 4) is 0 Å². The lowest BCUT2D eigenvalue weighted by Gasteiger charge is -2.18. The second kappa shape index (κ2) is 50.8. The molecule has 0 aromatic rings. The zero-order chi connectivity index (χ0) is 45.1. The average Bonchev–Trinajstić information content (AvgIpc) is 3.27. The van der Waals surface area contributed by atoms with E-state index < -0.39 is 6.10 Å². The Balaban J connectivity index is 4.42. The minimum Gasteiger partial charge on any atom is -0.462 e. The van der Waals surface area contributed by atoms with E-state index in [9.17, 15) is 14.4 Å². The number of allylic oxidation sites excluding steroid dienone is 10. The number of rotatable bonds is 47. The second-order valence-corrected chi connectivity index (χ2v) is 17.5. The minimum absolute atomic E-state index is 0.0929. The third kappa shape index (κ3) is 48.1. The van der Waals surface area contributed by atoms with Crippen LogP contribution in [0.5, 0.6) is 0 Å². The highest BCUT2D eigenvalue weighted by atomic mass is 16.6. The lowest BCUT2D eigenvalue weighted by Crippen LogP contribution is -2.30. The van der Waals surface area contributed by atoms with Crippen LogP contribution in [-0.4, -0.2) is 37.2 Å². The number of hydrogen-bond acceptors (Lipinski definition) is 6. The van der Waals surface area contributed by atoms with Gasteiger partial charge < -0.3 is 14.2 Å². The van der Waals surface area contributed by atoms with E-state index in [0.29, 0.717) is 19.3 Å². The van der Waals surface area contributed by atoms with Crippen molar-refractivity contribution in [1.29, 1.82) is 0 Å². The summed E-state index contributed by atoms with van der Waals surface area (Å²) in [6.45, 7) is 6.45. The molecule has 0 aliphatic rings. The number of esters is 3. The van der Waals surface area contributed by atoms with Gasteiger partial charge in [0.2, 0.25) is 0 Å². The van der Waals surface area contributed by atoms with Gasteiger partial charge in [0.05, 0.1) is 0 Å². The van der Waals surface area contributed by atoms with Crippen molar-refractivity contribution in [2.45, 2.75) is 264 Å². The summed E-state index contributed by atoms with van der Waals surface area (Å²) in [6, 6.07) is 0. The van der Waals surface area contributed by atoms with Gasteiger partial charge in [-0.25, -0.2) is 0 Å². The molecule has 0 saturated carbocycles. The van der Waals surface area contributed by atoms with Crippen LogP contribution in [0.2, 0.25) is 0 Å². The number of carbonyl (C=O) groups is 3. The van der Waals surface area contributed by atoms with E-state index in [2.05, 4.69) is 26.8 Å². The van der Waals surface area contributed by atoms with Gasteiger partial charge in [-0.1, -0.05) is 268 Å². The van der Waals surface area contributed by atoms with Crippen LogP contribution in [0.1, 0.15) is 258 Å². The second-order valence-electron chi connectivity index (χ2n) is 17.5. The summed E-state index contributed by atoms with van der Waals surface area (Å²) in [5.74, 6) is -0.960. The number of unbranched alkanes of at least 4 members (excludes halogenated alkanes) is 30. The fourth-order valence-corrected chi connectivity index (χ4v) is 7.47. The lowest BCUT2D eigenvalue weighted by molar-refractivity contribution is -0.167. The molecule has 0 saturated heterocycles. The Hall–Kier alpha value is -2.89. The molecular weight excluding hydrogens is 769 g/mol. The van der Waals surface area contributed by atoms with E-state index in [4.69, 9.17) is 14.2 Å². The van der Waals surface area contributed by atoms with E-state index in [1.165, 1.54) is 161 Å². The summed E-state index contributed by atoms with van der Waals surface area (Å²) >= 11 is 0. The molecular formula is C56H98O6. The molecule has 0 amide bonds. The molecule has 0 aromatic heterocycles. The molecule has 1 atom stereocenters. The largest absolute Gasteiger partial charge is 0.462 e. The Morgan fingerprint density at radius 2 is 0.629 bits per heavy atom. The van der Waals surface area contributed by atoms with Crippen LogP contribution < -0.4 is 0 Å². The highest BCUT2D eigenvalue weighted by Crippen LogP contribution is 2.16. The Morgan fingerprint density at radius 3 is 0.984 bits per heavy atom. The monoisotopic (exact) mass is 867 g/mol. The number of carbonyl (C=O) groups excluding carboxylic acids is 3. The third-order valence-corrected chi connectivity index (χ3v) is 11.4. The molecule has 6 heteroatoms. The fraction of sp³-hybridized carbons (Fsp3) is 0.768. The van der Waals surface area contributed by atoms with E-state index in [1.807, 2.05) is 54.7 Å². The lowest BCUT2D eigenvalue weighted by atomic mass is 10.0. The van der Waals surface area contributed by atoms with Crippen molar-refractivity contribution in [3.63, 3.8) is 0 Å². The molecule has 62 heavy (non-hydrogen) atoms. The summed E-state index contributed by atoms with van der Waals surface area (Å²) in [5, 5.41) is 0. The van der Waals surface area contributed by atoms with Gasteiger partial charge in [0.15, 0.2) is 6.10 Å². The van der Waals surface area contributed by atoms with Crippen LogP contribution in [0.4, 0.5) is 0 Å². The van der Waals surface area contributed by atoms with Crippen LogP contribution >= 0.6 is 0 Å². The molecule has 1 unspecified atom stereocenters. The highest BCUT2D eigenvalue weighted by Gasteiger charge is 2.19. The zero-order valence-electron chi connectivity index (χ0n) is 40.9. The quantitative estimate of drug-likeness (QED) is 0.0262. The standard InChI is InChI=1S/C56H98O6/c1-4-7-10-13-16-19-22-25-27-29-31-34-37-40-43-46-49-55(58)61-52-53(51-60-54(57)48-45-42-39-36-33-30-24-21-18-15-12-9-6-3)62-56(59)50-47-44-41-38-35-32-28-26-23-20-17-14-11-8-5-2/h9,12,15,18,21,24,30,33,36,39,53H,4-8,10-11,13-14,16-17,19-20,22-23,25-29,31-32,34-35,37-38,40-52H2,1-3H3/b12-9-,18-15-,24-21-,33-30-,39-36-. The number of hydrogen-bond donors (Lipinski definition) is 0. The number of ether oxygens (including phenoxy) is 3. The zero-order valence-corrected chi connectivity index (χ0v) is 40.9. The molecule has 0 aromatic carbocycles. The molecule has 0 heterocycles. The summed E-state index contributed by atoms with van der Waals surface area (Å²) < 4.78 is 16.7. The van der Waals surface area contributed by atoms with Crippen molar-refractivity contribution in [3.05, 3.63) is 60.8 Å². The predicted molar refractivity (Wildman–Crippen MR) is 265 cm³/mol. The molecule has 0 N–H and O–H groups in total. The maximum Gasteiger partial charge on any atom is 0.306 e. The first-order valence-electron chi connectivity index (χ1n) is 26.4. The van der Waals surface area contributed by atoms with Gasteiger partial charge in [-0.15, -0.1) is 0 Å². The molecule has 358 valence electrons. The van der Waals surface area contributed by atoms with E-state index >= 15 is 0 Å². The summed E-state index contributed by atoms with van der Waals surface area (Å²) in [4.78, 5) is 38.0. The Bertz CT molecular complexity index is 1130. The Morgan fingerprint density at radius 1 is 0.339 bits per heavy atom. The van der Waals surface area contributed by atoms with Crippen LogP contribution in [0.25, 0.3) is 0 Å². The SMILES string of the molecule is CC\C=C/C=C\C=C/C=C\C=C/CCCC(=O)OCC(COC(=O)CCCCCCCCCCCCCCCCCC)OC(=O)CCCCCCCCCCCCCCCCC. The van der Waals surface area contributed by atoms with Crippen molar-refractivity contribution in [1.82, 2.24) is 0 Å². The van der Waals surface area contributed by atoms with Gasteiger partial charge in [0, 0.05) is 19.3 Å². The van der Waals surface area contributed by atoms with Gasteiger partial charge in [-0.3, -0.25) is 14.4 Å². The van der Waals surface area contributed by atoms with Crippen LogP contribution in [-0.2, 0) is 28.6 Å². The van der Waals surface area contributed by atoms with Crippen molar-refractivity contribution < 1.29 is 28.6 Å². The first-order valence-corrected chi connectivity index (χ1v) is 26.4. The average molecular weight is 867 g/mol. The Kier molecular flexibility index (Phi) is 48.4. The normalized spacial score (nSPS) is 12.5. The minimum atomic E-state index is -0.798. The molecule has 0 spiro atoms. The maximum absolute atomic E-state index is 12.8. The Labute approximate surface area is 383 Å². The van der Waals surface area contributed by atoms with Gasteiger partial charge in [-0.2, -0.15) is 0 Å². The molecule has 6 nitrogen and oxygen atoms in total. The first kappa shape index (κ1) is 59.1. The van der Waals surface area contributed by atoms with Crippen LogP contribution in [0.15, 0.2) is 60.8 Å². The predicted octanol–water partition coefficient (Wildman–Crippen LogP) is 17.3. The van der Waals surface area contributed by atoms with Crippen LogP contribution in [0.3, 0.4) is 0 Å². The molecule has 0 bridgehead atoms. The first-order chi connectivity index (χ1) is 30.5. The fourth-order valence-electron chi connectivity index (χ4n) is 7.47. The van der Waals surface area contributed by atoms with Gasteiger partial charge >= 0.3 is 17.9 Å². The van der Waals surface area contributed by atoms with Crippen molar-refractivity contribution in [2.75, 3.05) is 13.2 Å². The van der Waals surface area contributed by atoms with Crippen molar-refractivity contribution in [2.24, 2.45) is 0 Å². The van der Waals surface area contributed by atoms with Gasteiger partial charge in [0.1, 0.15) is 13.2 Å². The van der Waals surface area contributed by atoms with E-state index in [1.54, 1.807) is 0 Å². The highest BCUT2D eigenvalue weighted by molar-refractivity contribution is 5.71. The smallest absolute Gasteiger partial charge is 0.306 e. The third-order valence-electron chi connectivity index (χ3n) is 11.4. The molecule has 0 radical (unpaired) electrons. The summed E-state index contributed by atoms with van der Waals surface area (Å²) in [6.07, 6.45) is 62.1. The van der Waals surface area contributed by atoms with Crippen molar-refractivity contribution >= 4 is 17.9 Å². The van der Waals surface area contributed by atoms with E-state index in [0.717, 1.165) is 51.4 Å². The summed E-state index contributed by atoms with van der Waals surface area (Å²) in [7, 11) is 0. The summed E-state index contributed by atoms with van der Waals surface area (Å²) in [5.41, 5.74) is 0. The van der Waals surface area contributed by atoms with E-state index in [-0.39, 0.29) is 37.5 Å². The topological polar surface area (TPSA) is 78.9 Å². The van der Waals surface area contributed by atoms with Gasteiger partial charge in [-0.05, 0) is 32.1 Å². The molecule has 0 rings (SSSR count). The maximum atomic E-state index is 12.8.